The van der Waals surface area contributed by atoms with Crippen molar-refractivity contribution in [1.82, 2.24) is 0 Å². The van der Waals surface area contributed by atoms with E-state index in [9.17, 15) is 9.90 Å². The van der Waals surface area contributed by atoms with Gasteiger partial charge in [-0.25, -0.2) is 0 Å². The molecule has 0 unspecified atom stereocenters. The van der Waals surface area contributed by atoms with Crippen molar-refractivity contribution in [3.05, 3.63) is 24.2 Å². The molecule has 1 N–H and O–H groups in total. The average molecular weight is 357 g/mol. The van der Waals surface area contributed by atoms with E-state index < -0.39 is 5.60 Å². The lowest BCUT2D eigenvalue weighted by Gasteiger charge is -2.61. The number of aliphatic hydroxyl groups is 1. The van der Waals surface area contributed by atoms with Gasteiger partial charge in [0.15, 0.2) is 0 Å². The lowest BCUT2D eigenvalue weighted by molar-refractivity contribution is -0.159. The summed E-state index contributed by atoms with van der Waals surface area (Å²) in [5.74, 6) is 3.13. The highest BCUT2D eigenvalue weighted by Crippen LogP contribution is 2.69. The minimum Gasteiger partial charge on any atom is -0.472 e. The van der Waals surface area contributed by atoms with Crippen LogP contribution in [0.1, 0.15) is 77.2 Å². The van der Waals surface area contributed by atoms with Crippen molar-refractivity contribution in [1.29, 1.82) is 0 Å². The maximum atomic E-state index is 12.0. The Morgan fingerprint density at radius 1 is 1.08 bits per heavy atom. The minimum absolute atomic E-state index is 0.0499. The van der Waals surface area contributed by atoms with Gasteiger partial charge in [0.25, 0.3) is 0 Å². The summed E-state index contributed by atoms with van der Waals surface area (Å²) < 4.78 is 5.33. The fraction of sp³-hybridized carbons (Fsp3) is 0.783. The number of hydrogen-bond acceptors (Lipinski definition) is 3. The van der Waals surface area contributed by atoms with Crippen molar-refractivity contribution < 1.29 is 14.3 Å². The normalized spacial score (nSPS) is 50.8. The molecule has 4 fully saturated rings. The maximum Gasteiger partial charge on any atom is 0.133 e. The molecule has 0 spiro atoms. The number of ketones is 1. The van der Waals surface area contributed by atoms with Gasteiger partial charge in [0.1, 0.15) is 5.78 Å². The Balaban J connectivity index is 1.48. The third kappa shape index (κ3) is 2.01. The highest BCUT2D eigenvalue weighted by molar-refractivity contribution is 5.79. The number of furan rings is 1. The Hall–Kier alpha value is -1.09. The van der Waals surface area contributed by atoms with E-state index in [1.165, 1.54) is 19.3 Å². The molecule has 0 radical (unpaired) electrons. The summed E-state index contributed by atoms with van der Waals surface area (Å²) in [5.41, 5.74) is 0.528. The Kier molecular flexibility index (Phi) is 3.58. The lowest BCUT2D eigenvalue weighted by atomic mass is 9.44. The first kappa shape index (κ1) is 17.0. The summed E-state index contributed by atoms with van der Waals surface area (Å²) >= 11 is 0. The Bertz CT molecular complexity index is 709. The molecule has 3 nitrogen and oxygen atoms in total. The first-order valence-corrected chi connectivity index (χ1v) is 10.7. The number of hydrogen-bond donors (Lipinski definition) is 1. The van der Waals surface area contributed by atoms with E-state index >= 15 is 0 Å². The Morgan fingerprint density at radius 2 is 1.88 bits per heavy atom. The zero-order valence-electron chi connectivity index (χ0n) is 16.2. The molecular weight excluding hydrogens is 324 g/mol. The van der Waals surface area contributed by atoms with Gasteiger partial charge >= 0.3 is 0 Å². The van der Waals surface area contributed by atoms with E-state index in [4.69, 9.17) is 4.42 Å². The van der Waals surface area contributed by atoms with Gasteiger partial charge in [-0.05, 0) is 80.1 Å². The SMILES string of the molecule is C[C@]12CCC(=O)C[C@H]1CC[C@@H]1[C@@H]2CC[C@@]2(C)[C@H]1CC[C@]2(O)c1ccoc1. The zero-order valence-corrected chi connectivity index (χ0v) is 16.2. The molecule has 1 aromatic rings. The van der Waals surface area contributed by atoms with E-state index in [0.29, 0.717) is 29.0 Å². The standard InChI is InChI=1S/C23H32O3/c1-21-9-5-17(24)13-15(21)3-4-18-19(21)6-10-22(2)20(18)7-11-23(22,25)16-8-12-26-14-16/h8,12,14-15,18-20,25H,3-7,9-11,13H2,1-2H3/t15-,18-,19+,20+,21+,22+,23+/m1/s1. The fourth-order valence-electron chi connectivity index (χ4n) is 8.04. The van der Waals surface area contributed by atoms with E-state index in [0.717, 1.165) is 50.0 Å². The average Bonchev–Trinajstić information content (AvgIpc) is 3.24. The third-order valence-electron chi connectivity index (χ3n) is 9.63. The van der Waals surface area contributed by atoms with Gasteiger partial charge in [0.05, 0.1) is 18.1 Å². The summed E-state index contributed by atoms with van der Waals surface area (Å²) in [6.45, 7) is 4.83. The van der Waals surface area contributed by atoms with Crippen molar-refractivity contribution in [2.45, 2.75) is 77.2 Å². The smallest absolute Gasteiger partial charge is 0.133 e. The van der Waals surface area contributed by atoms with Crippen molar-refractivity contribution in [2.24, 2.45) is 34.5 Å². The van der Waals surface area contributed by atoms with Gasteiger partial charge in [0, 0.05) is 23.8 Å². The molecule has 4 saturated carbocycles. The van der Waals surface area contributed by atoms with E-state index in [-0.39, 0.29) is 5.41 Å². The molecule has 3 heteroatoms. The van der Waals surface area contributed by atoms with Gasteiger partial charge in [-0.3, -0.25) is 4.79 Å². The second-order valence-corrected chi connectivity index (χ2v) is 10.3. The number of fused-ring (bicyclic) bond motifs is 5. The van der Waals surface area contributed by atoms with E-state index in [1.54, 1.807) is 12.5 Å². The molecule has 5 rings (SSSR count). The summed E-state index contributed by atoms with van der Waals surface area (Å²) in [6.07, 6.45) is 12.9. The highest BCUT2D eigenvalue weighted by atomic mass is 16.3. The van der Waals surface area contributed by atoms with Crippen LogP contribution in [0.5, 0.6) is 0 Å². The van der Waals surface area contributed by atoms with Gasteiger partial charge in [-0.15, -0.1) is 0 Å². The van der Waals surface area contributed by atoms with Crippen LogP contribution in [0.25, 0.3) is 0 Å². The van der Waals surface area contributed by atoms with Crippen LogP contribution in [0, 0.1) is 34.5 Å². The number of carbonyl (C=O) groups excluding carboxylic acids is 1. The van der Waals surface area contributed by atoms with Crippen LogP contribution in [0.15, 0.2) is 23.0 Å². The number of carbonyl (C=O) groups is 1. The van der Waals surface area contributed by atoms with E-state index in [1.807, 2.05) is 6.07 Å². The number of rotatable bonds is 1. The summed E-state index contributed by atoms with van der Waals surface area (Å²) in [5, 5.41) is 11.7. The molecule has 0 aliphatic heterocycles. The molecule has 1 aromatic heterocycles. The summed E-state index contributed by atoms with van der Waals surface area (Å²) in [4.78, 5) is 12.0. The van der Waals surface area contributed by atoms with Crippen LogP contribution in [0.4, 0.5) is 0 Å². The number of Topliss-reactive ketones (excluding diaryl/α,β-unsaturated/α-hetero) is 1. The van der Waals surface area contributed by atoms with Crippen LogP contribution in [-0.2, 0) is 10.4 Å². The van der Waals surface area contributed by atoms with Crippen LogP contribution in [0.3, 0.4) is 0 Å². The van der Waals surface area contributed by atoms with Crippen LogP contribution < -0.4 is 0 Å². The fourth-order valence-corrected chi connectivity index (χ4v) is 8.04. The van der Waals surface area contributed by atoms with Crippen LogP contribution in [0.2, 0.25) is 0 Å². The molecule has 7 atom stereocenters. The van der Waals surface area contributed by atoms with Crippen molar-refractivity contribution in [3.63, 3.8) is 0 Å². The largest absolute Gasteiger partial charge is 0.472 e. The second kappa shape index (κ2) is 5.47. The lowest BCUT2D eigenvalue weighted by Crippen LogP contribution is -2.55. The second-order valence-electron chi connectivity index (χ2n) is 10.3. The monoisotopic (exact) mass is 356 g/mol. The third-order valence-corrected chi connectivity index (χ3v) is 9.63. The molecule has 0 saturated heterocycles. The minimum atomic E-state index is -0.740. The molecule has 0 aromatic carbocycles. The first-order valence-electron chi connectivity index (χ1n) is 10.7. The van der Waals surface area contributed by atoms with Gasteiger partial charge < -0.3 is 9.52 Å². The Morgan fingerprint density at radius 3 is 2.65 bits per heavy atom. The van der Waals surface area contributed by atoms with Crippen molar-refractivity contribution in [3.8, 4) is 0 Å². The predicted molar refractivity (Wildman–Crippen MR) is 99.3 cm³/mol. The van der Waals surface area contributed by atoms with Gasteiger partial charge in [-0.2, -0.15) is 0 Å². The molecule has 4 aliphatic rings. The zero-order chi connectivity index (χ0) is 18.2. The first-order chi connectivity index (χ1) is 12.4. The topological polar surface area (TPSA) is 50.4 Å². The highest BCUT2D eigenvalue weighted by Gasteiger charge is 2.65. The molecule has 4 aliphatic carbocycles. The molecule has 1 heterocycles. The quantitative estimate of drug-likeness (QED) is 0.763. The van der Waals surface area contributed by atoms with Crippen molar-refractivity contribution >= 4 is 5.78 Å². The van der Waals surface area contributed by atoms with Gasteiger partial charge in [0.2, 0.25) is 0 Å². The predicted octanol–water partition coefficient (Wildman–Crippen LogP) is 5.08. The molecule has 0 amide bonds. The summed E-state index contributed by atoms with van der Waals surface area (Å²) in [6, 6.07) is 1.96. The van der Waals surface area contributed by atoms with E-state index in [2.05, 4.69) is 13.8 Å². The maximum absolute atomic E-state index is 12.0. The van der Waals surface area contributed by atoms with Gasteiger partial charge in [-0.1, -0.05) is 13.8 Å². The Labute approximate surface area is 156 Å². The van der Waals surface area contributed by atoms with Crippen LogP contribution in [-0.4, -0.2) is 10.9 Å². The van der Waals surface area contributed by atoms with Crippen LogP contribution >= 0.6 is 0 Å². The van der Waals surface area contributed by atoms with Crippen molar-refractivity contribution in [2.75, 3.05) is 0 Å². The molecular formula is C23H32O3. The summed E-state index contributed by atoms with van der Waals surface area (Å²) in [7, 11) is 0. The molecule has 0 bridgehead atoms. The molecule has 26 heavy (non-hydrogen) atoms. The molecule has 142 valence electrons.